The van der Waals surface area contributed by atoms with E-state index in [0.717, 1.165) is 19.6 Å². The van der Waals surface area contributed by atoms with Gasteiger partial charge in [0.1, 0.15) is 0 Å². The van der Waals surface area contributed by atoms with E-state index in [4.69, 9.17) is 0 Å². The Kier molecular flexibility index (Phi) is 5.02. The summed E-state index contributed by atoms with van der Waals surface area (Å²) in [5.74, 6) is 0. The third-order valence-electron chi connectivity index (χ3n) is 2.80. The Morgan fingerprint density at radius 3 is 2.54 bits per heavy atom. The third-order valence-corrected chi connectivity index (χ3v) is 2.80. The van der Waals surface area contributed by atoms with Crippen LogP contribution in [0.15, 0.2) is 0 Å². The Hall–Kier alpha value is 0.170. The van der Waals surface area contributed by atoms with Crippen molar-refractivity contribution >= 4 is 12.4 Å². The number of hydrogen-bond acceptors (Lipinski definition) is 3. The topological polar surface area (TPSA) is 27.3 Å². The van der Waals surface area contributed by atoms with Crippen LogP contribution in [0.25, 0.3) is 0 Å². The predicted molar refractivity (Wildman–Crippen MR) is 57.6 cm³/mol. The summed E-state index contributed by atoms with van der Waals surface area (Å²) in [4.78, 5) is 2.57. The Bertz CT molecular complexity index is 131. The zero-order chi connectivity index (χ0) is 8.23. The highest BCUT2D eigenvalue weighted by Gasteiger charge is 2.18. The number of likely N-dealkylation sites (tertiary alicyclic amines) is 1. The normalized spacial score (nSPS) is 30.0. The molecule has 0 amide bonds. The lowest BCUT2D eigenvalue weighted by Crippen LogP contribution is -2.52. The fraction of sp³-hybridized carbons (Fsp3) is 1.00. The second-order valence-electron chi connectivity index (χ2n) is 3.86. The lowest BCUT2D eigenvalue weighted by Gasteiger charge is -2.28. The molecule has 2 aliphatic rings. The van der Waals surface area contributed by atoms with Gasteiger partial charge in [0.25, 0.3) is 0 Å². The predicted octanol–water partition coefficient (Wildman–Crippen LogP) is 0.0654. The molecule has 0 unspecified atom stereocenters. The van der Waals surface area contributed by atoms with Gasteiger partial charge in [-0.1, -0.05) is 0 Å². The van der Waals surface area contributed by atoms with Gasteiger partial charge in [0.15, 0.2) is 0 Å². The Labute approximate surface area is 86.7 Å². The van der Waals surface area contributed by atoms with Crippen molar-refractivity contribution in [1.29, 1.82) is 0 Å². The molecule has 0 spiro atoms. The highest BCUT2D eigenvalue weighted by atomic mass is 35.5. The summed E-state index contributed by atoms with van der Waals surface area (Å²) in [5, 5.41) is 6.96. The molecule has 0 aromatic rings. The molecule has 2 heterocycles. The molecule has 4 heteroatoms. The van der Waals surface area contributed by atoms with Crippen molar-refractivity contribution in [3.8, 4) is 0 Å². The summed E-state index contributed by atoms with van der Waals surface area (Å²) in [5.41, 5.74) is 0. The molecule has 0 radical (unpaired) electrons. The zero-order valence-corrected chi connectivity index (χ0v) is 8.91. The van der Waals surface area contributed by atoms with E-state index in [2.05, 4.69) is 15.5 Å². The van der Waals surface area contributed by atoms with Gasteiger partial charge in [-0.25, -0.2) is 0 Å². The Morgan fingerprint density at radius 2 is 1.92 bits per heavy atom. The van der Waals surface area contributed by atoms with Gasteiger partial charge in [-0.05, 0) is 25.9 Å². The van der Waals surface area contributed by atoms with Crippen LogP contribution in [0.3, 0.4) is 0 Å². The molecular formula is C9H20ClN3. The summed E-state index contributed by atoms with van der Waals surface area (Å²) in [7, 11) is 0. The molecule has 2 fully saturated rings. The molecule has 0 saturated carbocycles. The molecule has 0 aromatic heterocycles. The smallest absolute Gasteiger partial charge is 0.0320 e. The quantitative estimate of drug-likeness (QED) is 0.668. The largest absolute Gasteiger partial charge is 0.314 e. The van der Waals surface area contributed by atoms with Crippen molar-refractivity contribution < 1.29 is 0 Å². The molecule has 2 saturated heterocycles. The highest BCUT2D eigenvalue weighted by Crippen LogP contribution is 2.07. The van der Waals surface area contributed by atoms with Crippen LogP contribution in [0.5, 0.6) is 0 Å². The number of rotatable bonds is 2. The first kappa shape index (κ1) is 11.2. The van der Waals surface area contributed by atoms with E-state index in [9.17, 15) is 0 Å². The van der Waals surface area contributed by atoms with Gasteiger partial charge in [0.05, 0.1) is 0 Å². The SMILES string of the molecule is C1CCN(C[C@@H]2CNCCN2)C1.Cl. The molecule has 78 valence electrons. The van der Waals surface area contributed by atoms with Crippen molar-refractivity contribution in [2.24, 2.45) is 0 Å². The van der Waals surface area contributed by atoms with Crippen molar-refractivity contribution in [2.45, 2.75) is 18.9 Å². The molecule has 13 heavy (non-hydrogen) atoms. The van der Waals surface area contributed by atoms with Gasteiger partial charge in [0, 0.05) is 32.2 Å². The van der Waals surface area contributed by atoms with E-state index >= 15 is 0 Å². The monoisotopic (exact) mass is 205 g/mol. The van der Waals surface area contributed by atoms with Crippen LogP contribution >= 0.6 is 12.4 Å². The Morgan fingerprint density at radius 1 is 1.15 bits per heavy atom. The van der Waals surface area contributed by atoms with Crippen LogP contribution in [0.1, 0.15) is 12.8 Å². The summed E-state index contributed by atoms with van der Waals surface area (Å²) >= 11 is 0. The number of nitrogens with one attached hydrogen (secondary N) is 2. The average Bonchev–Trinajstić information content (AvgIpc) is 2.59. The first-order valence-corrected chi connectivity index (χ1v) is 5.11. The molecule has 2 aliphatic heterocycles. The van der Waals surface area contributed by atoms with Crippen LogP contribution in [-0.4, -0.2) is 50.2 Å². The number of nitrogens with zero attached hydrogens (tertiary/aromatic N) is 1. The average molecular weight is 206 g/mol. The van der Waals surface area contributed by atoms with Gasteiger partial charge in [-0.2, -0.15) is 0 Å². The van der Waals surface area contributed by atoms with E-state index in [1.165, 1.54) is 32.5 Å². The zero-order valence-electron chi connectivity index (χ0n) is 8.09. The van der Waals surface area contributed by atoms with Gasteiger partial charge in [0.2, 0.25) is 0 Å². The molecule has 1 atom stereocenters. The molecule has 2 rings (SSSR count). The fourth-order valence-electron chi connectivity index (χ4n) is 2.12. The first-order valence-electron chi connectivity index (χ1n) is 5.11. The molecule has 3 nitrogen and oxygen atoms in total. The molecule has 0 aromatic carbocycles. The van der Waals surface area contributed by atoms with E-state index in [1.807, 2.05) is 0 Å². The Balaban J connectivity index is 0.000000845. The minimum Gasteiger partial charge on any atom is -0.314 e. The van der Waals surface area contributed by atoms with Crippen LogP contribution in [0.2, 0.25) is 0 Å². The molecule has 0 bridgehead atoms. The number of halogens is 1. The number of piperazine rings is 1. The first-order chi connectivity index (χ1) is 5.95. The lowest BCUT2D eigenvalue weighted by molar-refractivity contribution is 0.271. The lowest BCUT2D eigenvalue weighted by atomic mass is 10.2. The number of hydrogen-bond donors (Lipinski definition) is 2. The molecular weight excluding hydrogens is 186 g/mol. The van der Waals surface area contributed by atoms with Crippen LogP contribution < -0.4 is 10.6 Å². The van der Waals surface area contributed by atoms with Gasteiger partial charge < -0.3 is 15.5 Å². The van der Waals surface area contributed by atoms with E-state index < -0.39 is 0 Å². The van der Waals surface area contributed by atoms with Gasteiger partial charge in [-0.3, -0.25) is 0 Å². The molecule has 0 aliphatic carbocycles. The standard InChI is InChI=1S/C9H19N3.ClH/c1-2-6-12(5-1)8-9-7-10-3-4-11-9;/h9-11H,1-8H2;1H/t9-;/m0./s1. The van der Waals surface area contributed by atoms with E-state index in [1.54, 1.807) is 0 Å². The maximum Gasteiger partial charge on any atom is 0.0320 e. The van der Waals surface area contributed by atoms with Crippen molar-refractivity contribution in [1.82, 2.24) is 15.5 Å². The van der Waals surface area contributed by atoms with Crippen LogP contribution in [0, 0.1) is 0 Å². The van der Waals surface area contributed by atoms with Gasteiger partial charge >= 0.3 is 0 Å². The van der Waals surface area contributed by atoms with Gasteiger partial charge in [-0.15, -0.1) is 12.4 Å². The van der Waals surface area contributed by atoms with Crippen LogP contribution in [-0.2, 0) is 0 Å². The fourth-order valence-corrected chi connectivity index (χ4v) is 2.12. The van der Waals surface area contributed by atoms with E-state index in [-0.39, 0.29) is 12.4 Å². The summed E-state index contributed by atoms with van der Waals surface area (Å²) in [6, 6.07) is 0.692. The van der Waals surface area contributed by atoms with Crippen molar-refractivity contribution in [2.75, 3.05) is 39.3 Å². The van der Waals surface area contributed by atoms with Crippen molar-refractivity contribution in [3.63, 3.8) is 0 Å². The molecule has 2 N–H and O–H groups in total. The van der Waals surface area contributed by atoms with E-state index in [0.29, 0.717) is 6.04 Å². The second kappa shape index (κ2) is 5.81. The van der Waals surface area contributed by atoms with Crippen molar-refractivity contribution in [3.05, 3.63) is 0 Å². The highest BCUT2D eigenvalue weighted by molar-refractivity contribution is 5.85. The summed E-state index contributed by atoms with van der Waals surface area (Å²) < 4.78 is 0. The third kappa shape index (κ3) is 3.43. The maximum absolute atomic E-state index is 3.54. The maximum atomic E-state index is 3.54. The minimum atomic E-state index is 0. The summed E-state index contributed by atoms with van der Waals surface area (Å²) in [6.07, 6.45) is 2.81. The minimum absolute atomic E-state index is 0. The summed E-state index contributed by atoms with van der Waals surface area (Å²) in [6.45, 7) is 7.30. The van der Waals surface area contributed by atoms with Crippen LogP contribution in [0.4, 0.5) is 0 Å². The second-order valence-corrected chi connectivity index (χ2v) is 3.86.